The van der Waals surface area contributed by atoms with Gasteiger partial charge in [-0.2, -0.15) is 13.2 Å². The predicted octanol–water partition coefficient (Wildman–Crippen LogP) is 4.85. The van der Waals surface area contributed by atoms with E-state index < -0.39 is 22.4 Å². The average Bonchev–Trinajstić information content (AvgIpc) is 2.88. The third kappa shape index (κ3) is 7.04. The summed E-state index contributed by atoms with van der Waals surface area (Å²) in [5.41, 5.74) is -1.21. The maximum Gasteiger partial charge on any atom is 0.423 e. The minimum atomic E-state index is -4.86. The van der Waals surface area contributed by atoms with Gasteiger partial charge >= 0.3 is 6.18 Å². The van der Waals surface area contributed by atoms with Crippen molar-refractivity contribution in [1.29, 1.82) is 0 Å². The highest BCUT2D eigenvalue weighted by molar-refractivity contribution is 6.30. The average molecular weight is 541 g/mol. The number of hydrogen-bond donors (Lipinski definition) is 0. The van der Waals surface area contributed by atoms with Gasteiger partial charge in [0.15, 0.2) is 0 Å². The number of nitro groups is 1. The number of amides is 1. The van der Waals surface area contributed by atoms with Crippen molar-refractivity contribution in [3.63, 3.8) is 0 Å². The molecular formula is C25H28ClF3N4O4. The van der Waals surface area contributed by atoms with Gasteiger partial charge in [-0.1, -0.05) is 11.6 Å². The molecule has 0 aliphatic carbocycles. The Kier molecular flexibility index (Phi) is 8.43. The van der Waals surface area contributed by atoms with E-state index in [2.05, 4.69) is 9.80 Å². The molecular weight excluding hydrogens is 513 g/mol. The molecule has 4 rings (SSSR count). The summed E-state index contributed by atoms with van der Waals surface area (Å²) in [7, 11) is 0. The van der Waals surface area contributed by atoms with Crippen molar-refractivity contribution in [2.75, 3.05) is 50.7 Å². The van der Waals surface area contributed by atoms with Gasteiger partial charge in [0.1, 0.15) is 17.4 Å². The number of halogens is 4. The number of benzene rings is 2. The molecule has 8 nitrogen and oxygen atoms in total. The highest BCUT2D eigenvalue weighted by Gasteiger charge is 2.39. The lowest BCUT2D eigenvalue weighted by molar-refractivity contribution is -0.388. The van der Waals surface area contributed by atoms with E-state index in [0.717, 1.165) is 37.9 Å². The Bertz CT molecular complexity index is 1100. The second kappa shape index (κ2) is 11.6. The fourth-order valence-electron chi connectivity index (χ4n) is 4.68. The van der Waals surface area contributed by atoms with Gasteiger partial charge in [0, 0.05) is 81.9 Å². The lowest BCUT2D eigenvalue weighted by atomic mass is 10.1. The molecule has 0 N–H and O–H groups in total. The van der Waals surface area contributed by atoms with Crippen LogP contribution >= 0.6 is 11.6 Å². The van der Waals surface area contributed by atoms with Gasteiger partial charge in [0.25, 0.3) is 5.69 Å². The van der Waals surface area contributed by atoms with Gasteiger partial charge in [-0.05, 0) is 36.4 Å². The number of likely N-dealkylation sites (tertiary alicyclic amines) is 1. The molecule has 0 aromatic heterocycles. The maximum absolute atomic E-state index is 13.2. The van der Waals surface area contributed by atoms with Crippen LogP contribution in [0.25, 0.3) is 0 Å². The molecule has 2 aliphatic heterocycles. The number of rotatable bonds is 7. The summed E-state index contributed by atoms with van der Waals surface area (Å²) in [5, 5.41) is 11.6. The Morgan fingerprint density at radius 3 is 2.27 bits per heavy atom. The Labute approximate surface area is 217 Å². The molecule has 0 unspecified atom stereocenters. The van der Waals surface area contributed by atoms with Crippen LogP contribution in [0.3, 0.4) is 0 Å². The molecule has 2 aromatic carbocycles. The summed E-state index contributed by atoms with van der Waals surface area (Å²) in [6.07, 6.45) is -3.87. The van der Waals surface area contributed by atoms with Crippen molar-refractivity contribution in [2.45, 2.75) is 31.5 Å². The number of nitrogens with zero attached hydrogens (tertiary/aromatic N) is 4. The van der Waals surface area contributed by atoms with Crippen LogP contribution in [0, 0.1) is 10.1 Å². The van der Waals surface area contributed by atoms with Gasteiger partial charge in [-0.3, -0.25) is 19.8 Å². The zero-order valence-electron chi connectivity index (χ0n) is 20.1. The number of anilines is 1. The van der Waals surface area contributed by atoms with Gasteiger partial charge in [0.05, 0.1) is 4.92 Å². The van der Waals surface area contributed by atoms with E-state index in [0.29, 0.717) is 50.0 Å². The van der Waals surface area contributed by atoms with Gasteiger partial charge in [-0.15, -0.1) is 0 Å². The largest absolute Gasteiger partial charge is 0.490 e. The summed E-state index contributed by atoms with van der Waals surface area (Å²) in [4.78, 5) is 28.9. The third-order valence-corrected chi connectivity index (χ3v) is 7.03. The monoisotopic (exact) mass is 540 g/mol. The molecule has 200 valence electrons. The molecule has 12 heteroatoms. The van der Waals surface area contributed by atoms with E-state index in [4.69, 9.17) is 16.3 Å². The molecule has 1 amide bonds. The van der Waals surface area contributed by atoms with E-state index in [1.807, 2.05) is 24.3 Å². The molecule has 0 radical (unpaired) electrons. The number of piperidine rings is 1. The molecule has 37 heavy (non-hydrogen) atoms. The fourth-order valence-corrected chi connectivity index (χ4v) is 4.81. The number of hydrogen-bond acceptors (Lipinski definition) is 6. The summed E-state index contributed by atoms with van der Waals surface area (Å²) in [6.45, 7) is 5.04. The van der Waals surface area contributed by atoms with Crippen molar-refractivity contribution in [1.82, 2.24) is 9.80 Å². The molecule has 0 saturated carbocycles. The van der Waals surface area contributed by atoms with Crippen molar-refractivity contribution in [3.05, 3.63) is 63.2 Å². The topological polar surface area (TPSA) is 79.2 Å². The van der Waals surface area contributed by atoms with Gasteiger partial charge < -0.3 is 14.5 Å². The molecule has 2 saturated heterocycles. The predicted molar refractivity (Wildman–Crippen MR) is 133 cm³/mol. The van der Waals surface area contributed by atoms with Crippen molar-refractivity contribution in [2.24, 2.45) is 0 Å². The van der Waals surface area contributed by atoms with Crippen LogP contribution in [0.4, 0.5) is 24.5 Å². The normalized spacial score (nSPS) is 17.6. The van der Waals surface area contributed by atoms with E-state index in [1.165, 1.54) is 6.07 Å². The van der Waals surface area contributed by atoms with Gasteiger partial charge in [0.2, 0.25) is 5.91 Å². The molecule has 2 aliphatic rings. The van der Waals surface area contributed by atoms with Crippen LogP contribution < -0.4 is 9.64 Å². The summed E-state index contributed by atoms with van der Waals surface area (Å²) in [6, 6.07) is 10.4. The number of nitro benzene ring substituents is 1. The second-order valence-electron chi connectivity index (χ2n) is 9.19. The highest BCUT2D eigenvalue weighted by atomic mass is 35.5. The number of carbonyl (C=O) groups excluding carboxylic acids is 1. The van der Waals surface area contributed by atoms with Crippen molar-refractivity contribution in [3.8, 4) is 5.75 Å². The van der Waals surface area contributed by atoms with Crippen molar-refractivity contribution < 1.29 is 27.6 Å². The van der Waals surface area contributed by atoms with E-state index >= 15 is 0 Å². The van der Waals surface area contributed by atoms with Crippen LogP contribution in [0.1, 0.15) is 24.8 Å². The number of carbonyl (C=O) groups is 1. The summed E-state index contributed by atoms with van der Waals surface area (Å²) < 4.78 is 45.3. The zero-order chi connectivity index (χ0) is 26.6. The molecule has 2 fully saturated rings. The second-order valence-corrected chi connectivity index (χ2v) is 9.62. The van der Waals surface area contributed by atoms with Crippen LogP contribution in [-0.2, 0) is 11.0 Å². The number of piperazine rings is 1. The first kappa shape index (κ1) is 27.0. The van der Waals surface area contributed by atoms with Crippen molar-refractivity contribution >= 4 is 28.9 Å². The quantitative estimate of drug-likeness (QED) is 0.369. The van der Waals surface area contributed by atoms with E-state index in [-0.39, 0.29) is 17.8 Å². The number of alkyl halides is 3. The minimum absolute atomic E-state index is 0.0493. The first-order chi connectivity index (χ1) is 17.6. The standard InChI is InChI=1S/C25H28ClF3N4O4/c26-18-1-3-19(4-2-18)31-15-13-30(14-16-31)10-9-24(34)32-11-7-20(8-12-32)37-21-5-6-23(33(35)36)22(17-21)25(27,28)29/h1-6,17,20H,7-16H2. The fraction of sp³-hybridized carbons (Fsp3) is 0.480. The van der Waals surface area contributed by atoms with E-state index in [1.54, 1.807) is 4.90 Å². The minimum Gasteiger partial charge on any atom is -0.490 e. The Morgan fingerprint density at radius 1 is 1.03 bits per heavy atom. The molecule has 0 atom stereocenters. The third-order valence-electron chi connectivity index (χ3n) is 6.77. The molecule has 2 aromatic rings. The lowest BCUT2D eigenvalue weighted by Gasteiger charge is -2.37. The molecule has 2 heterocycles. The van der Waals surface area contributed by atoms with E-state index in [9.17, 15) is 28.1 Å². The highest BCUT2D eigenvalue weighted by Crippen LogP contribution is 2.38. The Morgan fingerprint density at radius 2 is 1.68 bits per heavy atom. The van der Waals surface area contributed by atoms with Crippen LogP contribution in [0.5, 0.6) is 5.75 Å². The molecule has 0 bridgehead atoms. The first-order valence-corrected chi connectivity index (χ1v) is 12.5. The maximum atomic E-state index is 13.2. The smallest absolute Gasteiger partial charge is 0.423 e. The summed E-state index contributed by atoms with van der Waals surface area (Å²) in [5.74, 6) is -0.0197. The van der Waals surface area contributed by atoms with Crippen LogP contribution in [0.2, 0.25) is 5.02 Å². The Hall–Kier alpha value is -3.05. The Balaban J connectivity index is 1.20. The first-order valence-electron chi connectivity index (χ1n) is 12.1. The van der Waals surface area contributed by atoms with Crippen LogP contribution in [0.15, 0.2) is 42.5 Å². The zero-order valence-corrected chi connectivity index (χ0v) is 20.9. The van der Waals surface area contributed by atoms with Gasteiger partial charge in [-0.25, -0.2) is 0 Å². The SMILES string of the molecule is O=C(CCN1CCN(c2ccc(Cl)cc2)CC1)N1CCC(Oc2ccc([N+](=O)[O-])c(C(F)(F)F)c2)CC1. The molecule has 0 spiro atoms. The van der Waals surface area contributed by atoms with Crippen LogP contribution in [-0.4, -0.2) is 72.5 Å². The number of ether oxygens (including phenoxy) is 1. The lowest BCUT2D eigenvalue weighted by Crippen LogP contribution is -2.48. The summed E-state index contributed by atoms with van der Waals surface area (Å²) >= 11 is 5.96.